The largest absolute Gasteiger partial charge is 0.310 e. The zero-order valence-electron chi connectivity index (χ0n) is 9.18. The molecule has 82 valence electrons. The molecule has 1 aromatic heterocycles. The second kappa shape index (κ2) is 5.94. The Morgan fingerprint density at radius 2 is 2.33 bits per heavy atom. The van der Waals surface area contributed by atoms with E-state index in [0.29, 0.717) is 0 Å². The quantitative estimate of drug-likeness (QED) is 0.656. The molecule has 0 aliphatic heterocycles. The van der Waals surface area contributed by atoms with Crippen molar-refractivity contribution in [3.63, 3.8) is 0 Å². The molecule has 1 N–H and O–H groups in total. The number of aromatic nitrogens is 2. The van der Waals surface area contributed by atoms with Gasteiger partial charge in [0.1, 0.15) is 0 Å². The van der Waals surface area contributed by atoms with Crippen LogP contribution >= 0.6 is 15.9 Å². The summed E-state index contributed by atoms with van der Waals surface area (Å²) in [5.41, 5.74) is 2.22. The van der Waals surface area contributed by atoms with Gasteiger partial charge >= 0.3 is 0 Å². The van der Waals surface area contributed by atoms with Crippen molar-refractivity contribution < 1.29 is 0 Å². The molecule has 1 heterocycles. The number of nitrogens with one attached hydrogen (secondary N) is 1. The van der Waals surface area contributed by atoms with Crippen molar-refractivity contribution in [2.75, 3.05) is 6.54 Å². The molecular formula is C11H16BrN3. The molecule has 1 aromatic rings. The fourth-order valence-corrected chi connectivity index (χ4v) is 1.83. The van der Waals surface area contributed by atoms with Crippen molar-refractivity contribution in [2.45, 2.75) is 33.4 Å². The summed E-state index contributed by atoms with van der Waals surface area (Å²) in [6, 6.07) is 0. The number of nitrogens with zero attached hydrogens (tertiary/aromatic N) is 2. The van der Waals surface area contributed by atoms with Gasteiger partial charge in [-0.1, -0.05) is 0 Å². The lowest BCUT2D eigenvalue weighted by Crippen LogP contribution is -2.17. The van der Waals surface area contributed by atoms with Gasteiger partial charge in [0.2, 0.25) is 0 Å². The molecule has 0 unspecified atom stereocenters. The zero-order chi connectivity index (χ0) is 11.3. The molecule has 15 heavy (non-hydrogen) atoms. The number of aryl methyl sites for hydroxylation is 2. The van der Waals surface area contributed by atoms with E-state index in [1.54, 1.807) is 0 Å². The summed E-state index contributed by atoms with van der Waals surface area (Å²) in [5, 5.41) is 7.72. The molecule has 0 fully saturated rings. The molecule has 0 spiro atoms. The highest BCUT2D eigenvalue weighted by molar-refractivity contribution is 9.10. The van der Waals surface area contributed by atoms with Crippen LogP contribution < -0.4 is 5.32 Å². The average Bonchev–Trinajstić information content (AvgIpc) is 2.51. The van der Waals surface area contributed by atoms with Crippen LogP contribution in [0, 0.1) is 19.3 Å². The highest BCUT2D eigenvalue weighted by atomic mass is 79.9. The van der Waals surface area contributed by atoms with Gasteiger partial charge in [0.15, 0.2) is 0 Å². The Balaban J connectivity index is 2.63. The van der Waals surface area contributed by atoms with Crippen LogP contribution in [0.5, 0.6) is 0 Å². The monoisotopic (exact) mass is 269 g/mol. The van der Waals surface area contributed by atoms with E-state index in [0.717, 1.165) is 36.2 Å². The van der Waals surface area contributed by atoms with Gasteiger partial charge in [-0.15, -0.1) is 12.3 Å². The number of rotatable bonds is 5. The Morgan fingerprint density at radius 3 is 2.93 bits per heavy atom. The number of hydrogen-bond acceptors (Lipinski definition) is 2. The van der Waals surface area contributed by atoms with Crippen LogP contribution in [-0.4, -0.2) is 16.3 Å². The Kier molecular flexibility index (Phi) is 4.86. The first-order chi connectivity index (χ1) is 7.20. The highest BCUT2D eigenvalue weighted by Crippen LogP contribution is 2.20. The molecule has 0 amide bonds. The standard InChI is InChI=1S/C11H16BrN3/c1-4-6-7-13-8-10-11(12)9(3)14-15(10)5-2/h1,13H,5-8H2,2-3H3. The minimum absolute atomic E-state index is 0.761. The Morgan fingerprint density at radius 1 is 1.60 bits per heavy atom. The van der Waals surface area contributed by atoms with E-state index >= 15 is 0 Å². The third-order valence-electron chi connectivity index (χ3n) is 2.19. The highest BCUT2D eigenvalue weighted by Gasteiger charge is 2.10. The molecule has 4 heteroatoms. The van der Waals surface area contributed by atoms with Gasteiger partial charge in [0.05, 0.1) is 15.9 Å². The van der Waals surface area contributed by atoms with Gasteiger partial charge < -0.3 is 5.32 Å². The summed E-state index contributed by atoms with van der Waals surface area (Å²) in [6.07, 6.45) is 5.94. The van der Waals surface area contributed by atoms with Gasteiger partial charge in [0, 0.05) is 26.1 Å². The predicted octanol–water partition coefficient (Wildman–Crippen LogP) is 2.09. The van der Waals surface area contributed by atoms with Gasteiger partial charge in [-0.25, -0.2) is 0 Å². The molecule has 0 aromatic carbocycles. The third kappa shape index (κ3) is 3.08. The van der Waals surface area contributed by atoms with Crippen LogP contribution in [0.15, 0.2) is 4.47 Å². The van der Waals surface area contributed by atoms with Crippen molar-refractivity contribution in [2.24, 2.45) is 0 Å². The molecule has 0 saturated carbocycles. The van der Waals surface area contributed by atoms with E-state index in [4.69, 9.17) is 6.42 Å². The Bertz CT molecular complexity index is 363. The second-order valence-electron chi connectivity index (χ2n) is 3.29. The van der Waals surface area contributed by atoms with E-state index in [1.807, 2.05) is 11.6 Å². The topological polar surface area (TPSA) is 29.9 Å². The average molecular weight is 270 g/mol. The van der Waals surface area contributed by atoms with Gasteiger partial charge in [0.25, 0.3) is 0 Å². The van der Waals surface area contributed by atoms with Crippen molar-refractivity contribution in [1.82, 2.24) is 15.1 Å². The van der Waals surface area contributed by atoms with Crippen molar-refractivity contribution in [3.8, 4) is 12.3 Å². The minimum atomic E-state index is 0.761. The number of terminal acetylenes is 1. The predicted molar refractivity (Wildman–Crippen MR) is 65.5 cm³/mol. The van der Waals surface area contributed by atoms with E-state index in [9.17, 15) is 0 Å². The van der Waals surface area contributed by atoms with E-state index in [-0.39, 0.29) is 0 Å². The molecular weight excluding hydrogens is 254 g/mol. The fourth-order valence-electron chi connectivity index (χ4n) is 1.41. The van der Waals surface area contributed by atoms with Crippen LogP contribution in [0.3, 0.4) is 0 Å². The first kappa shape index (κ1) is 12.3. The molecule has 0 bridgehead atoms. The van der Waals surface area contributed by atoms with Gasteiger partial charge in [-0.3, -0.25) is 4.68 Å². The van der Waals surface area contributed by atoms with Gasteiger partial charge in [-0.2, -0.15) is 5.10 Å². The number of hydrogen-bond donors (Lipinski definition) is 1. The maximum Gasteiger partial charge on any atom is 0.0739 e. The van der Waals surface area contributed by atoms with E-state index in [1.165, 1.54) is 5.69 Å². The van der Waals surface area contributed by atoms with Crippen molar-refractivity contribution in [3.05, 3.63) is 15.9 Å². The van der Waals surface area contributed by atoms with E-state index in [2.05, 4.69) is 39.2 Å². The summed E-state index contributed by atoms with van der Waals surface area (Å²) < 4.78 is 3.10. The maximum atomic E-state index is 5.18. The second-order valence-corrected chi connectivity index (χ2v) is 4.09. The molecule has 0 atom stereocenters. The third-order valence-corrected chi connectivity index (χ3v) is 3.22. The molecule has 0 saturated heterocycles. The molecule has 0 aliphatic rings. The van der Waals surface area contributed by atoms with Crippen LogP contribution in [0.1, 0.15) is 24.7 Å². The van der Waals surface area contributed by atoms with Crippen LogP contribution in [0.25, 0.3) is 0 Å². The summed E-state index contributed by atoms with van der Waals surface area (Å²) in [7, 11) is 0. The first-order valence-electron chi connectivity index (χ1n) is 5.06. The van der Waals surface area contributed by atoms with Crippen LogP contribution in [0.4, 0.5) is 0 Å². The minimum Gasteiger partial charge on any atom is -0.310 e. The lowest BCUT2D eigenvalue weighted by molar-refractivity contribution is 0.581. The van der Waals surface area contributed by atoms with Crippen LogP contribution in [-0.2, 0) is 13.1 Å². The normalized spacial score (nSPS) is 10.3. The summed E-state index contributed by atoms with van der Waals surface area (Å²) in [6.45, 7) is 6.62. The fraction of sp³-hybridized carbons (Fsp3) is 0.545. The molecule has 1 rings (SSSR count). The maximum absolute atomic E-state index is 5.18. The Labute approximate surface area is 99.4 Å². The van der Waals surface area contributed by atoms with E-state index < -0.39 is 0 Å². The molecule has 3 nitrogen and oxygen atoms in total. The molecule has 0 radical (unpaired) electrons. The van der Waals surface area contributed by atoms with Crippen LogP contribution in [0.2, 0.25) is 0 Å². The SMILES string of the molecule is C#CCCNCc1c(Br)c(C)nn1CC. The number of halogens is 1. The summed E-state index contributed by atoms with van der Waals surface area (Å²) >= 11 is 3.55. The van der Waals surface area contributed by atoms with Crippen molar-refractivity contribution >= 4 is 15.9 Å². The lowest BCUT2D eigenvalue weighted by atomic mass is 10.3. The van der Waals surface area contributed by atoms with Gasteiger partial charge in [-0.05, 0) is 29.8 Å². The first-order valence-corrected chi connectivity index (χ1v) is 5.86. The van der Waals surface area contributed by atoms with Crippen molar-refractivity contribution in [1.29, 1.82) is 0 Å². The molecule has 0 aliphatic carbocycles. The summed E-state index contributed by atoms with van der Waals surface area (Å²) in [4.78, 5) is 0. The summed E-state index contributed by atoms with van der Waals surface area (Å²) in [5.74, 6) is 2.61. The lowest BCUT2D eigenvalue weighted by Gasteiger charge is -2.06. The Hall–Kier alpha value is -0.790. The smallest absolute Gasteiger partial charge is 0.0739 e. The zero-order valence-corrected chi connectivity index (χ0v) is 10.8.